The molecule has 1 aliphatic heterocycles. The molecule has 0 aromatic rings. The minimum atomic E-state index is -2.80. The molecule has 0 aromatic carbocycles. The van der Waals surface area contributed by atoms with Gasteiger partial charge in [0.25, 0.3) is 0 Å². The van der Waals surface area contributed by atoms with E-state index in [0.717, 1.165) is 12.2 Å². The van der Waals surface area contributed by atoms with Crippen LogP contribution in [0.15, 0.2) is 0 Å². The van der Waals surface area contributed by atoms with Gasteiger partial charge in [-0.25, -0.2) is 8.42 Å². The Balaban J connectivity index is 2.14. The van der Waals surface area contributed by atoms with E-state index < -0.39 is 9.84 Å². The van der Waals surface area contributed by atoms with Gasteiger partial charge in [0.05, 0.1) is 5.75 Å². The maximum absolute atomic E-state index is 11.4. The van der Waals surface area contributed by atoms with Crippen LogP contribution in [0.4, 0.5) is 0 Å². The third-order valence-electron chi connectivity index (χ3n) is 2.52. The second-order valence-electron chi connectivity index (χ2n) is 4.02. The lowest BCUT2D eigenvalue weighted by molar-refractivity contribution is 0.519. The Hall–Kier alpha value is 0.260. The summed E-state index contributed by atoms with van der Waals surface area (Å²) in [5, 5.41) is 3.34. The standard InChI is InChI=1S/C10H21NO2S2/c1-2-7-15(12,13)8-5-11-10-4-3-6-14-9-10/h10-11H,2-9H2,1H3. The zero-order valence-electron chi connectivity index (χ0n) is 9.37. The summed E-state index contributed by atoms with van der Waals surface area (Å²) in [4.78, 5) is 0. The average molecular weight is 251 g/mol. The van der Waals surface area contributed by atoms with E-state index in [1.807, 2.05) is 18.7 Å². The second-order valence-corrected chi connectivity index (χ2v) is 7.47. The van der Waals surface area contributed by atoms with Crippen molar-refractivity contribution in [1.82, 2.24) is 5.32 Å². The van der Waals surface area contributed by atoms with Crippen molar-refractivity contribution in [3.05, 3.63) is 0 Å². The molecule has 90 valence electrons. The molecule has 0 bridgehead atoms. The number of thioether (sulfide) groups is 1. The number of hydrogen-bond donors (Lipinski definition) is 1. The van der Waals surface area contributed by atoms with Crippen molar-refractivity contribution < 1.29 is 8.42 Å². The van der Waals surface area contributed by atoms with Gasteiger partial charge in [-0.3, -0.25) is 0 Å². The van der Waals surface area contributed by atoms with Crippen LogP contribution in [0.3, 0.4) is 0 Å². The molecule has 1 rings (SSSR count). The summed E-state index contributed by atoms with van der Waals surface area (Å²) in [5.74, 6) is 3.01. The largest absolute Gasteiger partial charge is 0.312 e. The molecule has 1 fully saturated rings. The molecule has 0 amide bonds. The predicted molar refractivity (Wildman–Crippen MR) is 67.3 cm³/mol. The molecule has 1 N–H and O–H groups in total. The summed E-state index contributed by atoms with van der Waals surface area (Å²) in [6, 6.07) is 0.528. The van der Waals surface area contributed by atoms with Gasteiger partial charge in [-0.15, -0.1) is 0 Å². The Bertz CT molecular complexity index is 259. The molecule has 1 unspecified atom stereocenters. The second kappa shape index (κ2) is 6.76. The Morgan fingerprint density at radius 1 is 1.40 bits per heavy atom. The van der Waals surface area contributed by atoms with Crippen LogP contribution in [-0.4, -0.2) is 44.0 Å². The molecule has 1 atom stereocenters. The summed E-state index contributed by atoms with van der Waals surface area (Å²) >= 11 is 1.96. The molecule has 1 saturated heterocycles. The van der Waals surface area contributed by atoms with Crippen molar-refractivity contribution in [3.63, 3.8) is 0 Å². The molecule has 1 aliphatic rings. The molecular formula is C10H21NO2S2. The molecule has 1 heterocycles. The fourth-order valence-electron chi connectivity index (χ4n) is 1.73. The van der Waals surface area contributed by atoms with Crippen molar-refractivity contribution in [2.45, 2.75) is 32.2 Å². The highest BCUT2D eigenvalue weighted by Gasteiger charge is 2.14. The molecule has 0 aliphatic carbocycles. The van der Waals surface area contributed by atoms with Crippen LogP contribution in [0.1, 0.15) is 26.2 Å². The van der Waals surface area contributed by atoms with Crippen molar-refractivity contribution in [3.8, 4) is 0 Å². The Kier molecular flexibility index (Phi) is 6.00. The van der Waals surface area contributed by atoms with E-state index in [4.69, 9.17) is 0 Å². The van der Waals surface area contributed by atoms with E-state index in [1.165, 1.54) is 18.6 Å². The molecule has 0 spiro atoms. The van der Waals surface area contributed by atoms with Gasteiger partial charge in [-0.1, -0.05) is 6.92 Å². The third-order valence-corrected chi connectivity index (χ3v) is 5.59. The van der Waals surface area contributed by atoms with Crippen LogP contribution < -0.4 is 5.32 Å². The average Bonchev–Trinajstić information content (AvgIpc) is 2.19. The van der Waals surface area contributed by atoms with Gasteiger partial charge in [-0.2, -0.15) is 11.8 Å². The fourth-order valence-corrected chi connectivity index (χ4v) is 4.09. The van der Waals surface area contributed by atoms with E-state index in [0.29, 0.717) is 24.1 Å². The predicted octanol–water partition coefficient (Wildman–Crippen LogP) is 1.30. The van der Waals surface area contributed by atoms with Gasteiger partial charge in [0.15, 0.2) is 9.84 Å². The first-order chi connectivity index (χ1) is 7.14. The van der Waals surface area contributed by atoms with Gasteiger partial charge in [0, 0.05) is 24.1 Å². The number of sulfone groups is 1. The summed E-state index contributed by atoms with van der Waals surface area (Å²) in [7, 11) is -2.80. The van der Waals surface area contributed by atoms with Crippen molar-refractivity contribution in [2.75, 3.05) is 29.6 Å². The van der Waals surface area contributed by atoms with Crippen molar-refractivity contribution in [1.29, 1.82) is 0 Å². The van der Waals surface area contributed by atoms with Gasteiger partial charge in [-0.05, 0) is 25.0 Å². The van der Waals surface area contributed by atoms with Crippen LogP contribution in [0.5, 0.6) is 0 Å². The zero-order valence-corrected chi connectivity index (χ0v) is 11.0. The lowest BCUT2D eigenvalue weighted by atomic mass is 10.2. The maximum atomic E-state index is 11.4. The van der Waals surface area contributed by atoms with Crippen LogP contribution in [0.2, 0.25) is 0 Å². The lowest BCUT2D eigenvalue weighted by Gasteiger charge is -2.22. The van der Waals surface area contributed by atoms with E-state index >= 15 is 0 Å². The monoisotopic (exact) mass is 251 g/mol. The van der Waals surface area contributed by atoms with Crippen molar-refractivity contribution >= 4 is 21.6 Å². The quantitative estimate of drug-likeness (QED) is 0.773. The van der Waals surface area contributed by atoms with E-state index in [1.54, 1.807) is 0 Å². The molecule has 0 radical (unpaired) electrons. The SMILES string of the molecule is CCCS(=O)(=O)CCNC1CCCSC1. The summed E-state index contributed by atoms with van der Waals surface area (Å²) in [6.07, 6.45) is 3.17. The highest BCUT2D eigenvalue weighted by molar-refractivity contribution is 7.99. The molecule has 5 heteroatoms. The zero-order chi connectivity index (χ0) is 11.1. The Labute approximate surface area is 97.3 Å². The summed E-state index contributed by atoms with van der Waals surface area (Å²) in [6.45, 7) is 2.52. The first kappa shape index (κ1) is 13.3. The third kappa shape index (κ3) is 5.78. The van der Waals surface area contributed by atoms with Crippen LogP contribution in [0.25, 0.3) is 0 Å². The smallest absolute Gasteiger partial charge is 0.151 e. The van der Waals surface area contributed by atoms with Crippen molar-refractivity contribution in [2.24, 2.45) is 0 Å². The molecule has 3 nitrogen and oxygen atoms in total. The lowest BCUT2D eigenvalue weighted by Crippen LogP contribution is -2.37. The van der Waals surface area contributed by atoms with Crippen LogP contribution >= 0.6 is 11.8 Å². The molecule has 15 heavy (non-hydrogen) atoms. The number of nitrogens with one attached hydrogen (secondary N) is 1. The molecule has 0 saturated carbocycles. The highest BCUT2D eigenvalue weighted by Crippen LogP contribution is 2.16. The first-order valence-electron chi connectivity index (χ1n) is 5.65. The van der Waals surface area contributed by atoms with Gasteiger partial charge in [0.2, 0.25) is 0 Å². The number of hydrogen-bond acceptors (Lipinski definition) is 4. The maximum Gasteiger partial charge on any atom is 0.151 e. The Morgan fingerprint density at radius 3 is 2.80 bits per heavy atom. The van der Waals surface area contributed by atoms with E-state index in [-0.39, 0.29) is 0 Å². The van der Waals surface area contributed by atoms with Gasteiger partial charge < -0.3 is 5.32 Å². The Morgan fingerprint density at radius 2 is 2.20 bits per heavy atom. The number of rotatable bonds is 6. The highest BCUT2D eigenvalue weighted by atomic mass is 32.2. The molecule has 0 aromatic heterocycles. The summed E-state index contributed by atoms with van der Waals surface area (Å²) in [5.41, 5.74) is 0. The topological polar surface area (TPSA) is 46.2 Å². The minimum Gasteiger partial charge on any atom is -0.312 e. The van der Waals surface area contributed by atoms with Gasteiger partial charge in [0.1, 0.15) is 0 Å². The van der Waals surface area contributed by atoms with E-state index in [2.05, 4.69) is 5.32 Å². The van der Waals surface area contributed by atoms with Crippen LogP contribution in [-0.2, 0) is 9.84 Å². The molecular weight excluding hydrogens is 230 g/mol. The van der Waals surface area contributed by atoms with Gasteiger partial charge >= 0.3 is 0 Å². The minimum absolute atomic E-state index is 0.294. The fraction of sp³-hybridized carbons (Fsp3) is 1.00. The summed E-state index contributed by atoms with van der Waals surface area (Å²) < 4.78 is 22.9. The van der Waals surface area contributed by atoms with E-state index in [9.17, 15) is 8.42 Å². The normalized spacial score (nSPS) is 22.9. The van der Waals surface area contributed by atoms with Crippen LogP contribution in [0, 0.1) is 0 Å². The first-order valence-corrected chi connectivity index (χ1v) is 8.63.